The van der Waals surface area contributed by atoms with Gasteiger partial charge in [-0.05, 0) is 30.5 Å². The smallest absolute Gasteiger partial charge is 0.274 e. The van der Waals surface area contributed by atoms with E-state index in [9.17, 15) is 9.90 Å². The summed E-state index contributed by atoms with van der Waals surface area (Å²) in [7, 11) is 0. The third-order valence-corrected chi connectivity index (χ3v) is 5.58. The van der Waals surface area contributed by atoms with Crippen molar-refractivity contribution in [1.82, 2.24) is 30.1 Å². The van der Waals surface area contributed by atoms with Crippen LogP contribution in [0.15, 0.2) is 54.7 Å². The quantitative estimate of drug-likeness (QED) is 0.546. The molecule has 30 heavy (non-hydrogen) atoms. The minimum atomic E-state index is -0.343. The molecule has 2 N–H and O–H groups in total. The average Bonchev–Trinajstić information content (AvgIpc) is 3.41. The van der Waals surface area contributed by atoms with E-state index >= 15 is 0 Å². The van der Waals surface area contributed by atoms with Crippen molar-refractivity contribution in [3.8, 4) is 11.3 Å². The van der Waals surface area contributed by atoms with Gasteiger partial charge in [0.15, 0.2) is 5.69 Å². The normalized spacial score (nSPS) is 15.0. The van der Waals surface area contributed by atoms with Gasteiger partial charge in [0, 0.05) is 24.0 Å². The SMILES string of the molecule is O=C(c1c(-c2ccc3[nH]ncc3c2)nnn1Cc1ccccc1)N1CCC(O)CC1. The van der Waals surface area contributed by atoms with Crippen LogP contribution in [-0.2, 0) is 6.54 Å². The van der Waals surface area contributed by atoms with Crippen LogP contribution >= 0.6 is 0 Å². The zero-order valence-corrected chi connectivity index (χ0v) is 16.4. The topological polar surface area (TPSA) is 99.9 Å². The largest absolute Gasteiger partial charge is 0.393 e. The molecule has 1 fully saturated rings. The number of piperidine rings is 1. The molecule has 0 atom stereocenters. The Kier molecular flexibility index (Phi) is 4.76. The first-order valence-electron chi connectivity index (χ1n) is 10.1. The molecule has 8 nitrogen and oxygen atoms in total. The van der Waals surface area contributed by atoms with Gasteiger partial charge in [-0.25, -0.2) is 4.68 Å². The second kappa shape index (κ2) is 7.72. The number of aliphatic hydroxyl groups is 1. The van der Waals surface area contributed by atoms with Gasteiger partial charge in [-0.3, -0.25) is 9.89 Å². The summed E-state index contributed by atoms with van der Waals surface area (Å²) < 4.78 is 1.68. The molecule has 0 radical (unpaired) electrons. The predicted molar refractivity (Wildman–Crippen MR) is 112 cm³/mol. The summed E-state index contributed by atoms with van der Waals surface area (Å²) in [5.74, 6) is -0.106. The molecule has 152 valence electrons. The number of hydrogen-bond acceptors (Lipinski definition) is 5. The van der Waals surface area contributed by atoms with Crippen molar-refractivity contribution in [2.75, 3.05) is 13.1 Å². The Morgan fingerprint density at radius 3 is 2.73 bits per heavy atom. The van der Waals surface area contributed by atoms with Gasteiger partial charge in [-0.1, -0.05) is 41.6 Å². The number of aliphatic hydroxyl groups excluding tert-OH is 1. The summed E-state index contributed by atoms with van der Waals surface area (Å²) in [6, 6.07) is 15.7. The minimum absolute atomic E-state index is 0.106. The summed E-state index contributed by atoms with van der Waals surface area (Å²) >= 11 is 0. The first-order chi connectivity index (χ1) is 14.7. The van der Waals surface area contributed by atoms with Gasteiger partial charge in [0.25, 0.3) is 5.91 Å². The maximum atomic E-state index is 13.5. The van der Waals surface area contributed by atoms with E-state index in [0.29, 0.717) is 43.9 Å². The number of aromatic amines is 1. The molecule has 0 unspecified atom stereocenters. The highest BCUT2D eigenvalue weighted by Gasteiger charge is 2.29. The summed E-state index contributed by atoms with van der Waals surface area (Å²) in [6.07, 6.45) is 2.58. The van der Waals surface area contributed by atoms with E-state index in [2.05, 4.69) is 20.5 Å². The van der Waals surface area contributed by atoms with Crippen molar-refractivity contribution in [1.29, 1.82) is 0 Å². The number of fused-ring (bicyclic) bond motifs is 1. The predicted octanol–water partition coefficient (Wildman–Crippen LogP) is 2.47. The van der Waals surface area contributed by atoms with Gasteiger partial charge >= 0.3 is 0 Å². The Bertz CT molecular complexity index is 1170. The van der Waals surface area contributed by atoms with Gasteiger partial charge in [0.2, 0.25) is 0 Å². The highest BCUT2D eigenvalue weighted by atomic mass is 16.3. The second-order valence-electron chi connectivity index (χ2n) is 7.63. The molecule has 1 aliphatic rings. The molecule has 1 amide bonds. The van der Waals surface area contributed by atoms with E-state index in [1.807, 2.05) is 48.5 Å². The van der Waals surface area contributed by atoms with Crippen LogP contribution < -0.4 is 0 Å². The van der Waals surface area contributed by atoms with E-state index in [0.717, 1.165) is 22.0 Å². The summed E-state index contributed by atoms with van der Waals surface area (Å²) in [5, 5.41) is 26.5. The number of carbonyl (C=O) groups is 1. The fourth-order valence-corrected chi connectivity index (χ4v) is 3.89. The van der Waals surface area contributed by atoms with Crippen LogP contribution in [0, 0.1) is 0 Å². The number of rotatable bonds is 4. The lowest BCUT2D eigenvalue weighted by atomic mass is 10.0. The molecule has 0 aliphatic carbocycles. The van der Waals surface area contributed by atoms with Crippen LogP contribution in [0.25, 0.3) is 22.2 Å². The molecule has 8 heteroatoms. The molecular formula is C22H22N6O2. The molecule has 0 saturated carbocycles. The van der Waals surface area contributed by atoms with Crippen LogP contribution in [-0.4, -0.2) is 60.3 Å². The van der Waals surface area contributed by atoms with Crippen molar-refractivity contribution in [3.63, 3.8) is 0 Å². The Morgan fingerprint density at radius 2 is 1.93 bits per heavy atom. The Hall–Kier alpha value is -3.52. The lowest BCUT2D eigenvalue weighted by molar-refractivity contribution is 0.0537. The third kappa shape index (κ3) is 3.46. The summed E-state index contributed by atoms with van der Waals surface area (Å²) in [6.45, 7) is 1.51. The average molecular weight is 402 g/mol. The number of aromatic nitrogens is 5. The van der Waals surface area contributed by atoms with Crippen LogP contribution in [0.5, 0.6) is 0 Å². The maximum Gasteiger partial charge on any atom is 0.274 e. The van der Waals surface area contributed by atoms with E-state index in [1.165, 1.54) is 0 Å². The molecule has 2 aromatic heterocycles. The molecule has 1 aliphatic heterocycles. The molecule has 3 heterocycles. The van der Waals surface area contributed by atoms with Crippen molar-refractivity contribution in [2.45, 2.75) is 25.5 Å². The first kappa shape index (κ1) is 18.5. The van der Waals surface area contributed by atoms with Gasteiger partial charge in [-0.2, -0.15) is 5.10 Å². The Labute approximate surface area is 173 Å². The first-order valence-corrected chi connectivity index (χ1v) is 10.1. The second-order valence-corrected chi connectivity index (χ2v) is 7.63. The molecule has 2 aromatic carbocycles. The number of hydrogen-bond donors (Lipinski definition) is 2. The fourth-order valence-electron chi connectivity index (χ4n) is 3.89. The number of benzene rings is 2. The van der Waals surface area contributed by atoms with E-state index in [4.69, 9.17) is 0 Å². The van der Waals surface area contributed by atoms with Crippen LogP contribution in [0.1, 0.15) is 28.9 Å². The van der Waals surface area contributed by atoms with Crippen LogP contribution in [0.4, 0.5) is 0 Å². The third-order valence-electron chi connectivity index (χ3n) is 5.58. The standard InChI is InChI=1S/C22H22N6O2/c29-18-8-10-27(11-9-18)22(30)21-20(16-6-7-19-17(12-16)13-23-24-19)25-26-28(21)14-15-4-2-1-3-5-15/h1-7,12-13,18,29H,8-11,14H2,(H,23,24). The maximum absolute atomic E-state index is 13.5. The number of likely N-dealkylation sites (tertiary alicyclic amines) is 1. The number of carbonyl (C=O) groups excluding carboxylic acids is 1. The molecule has 0 spiro atoms. The fraction of sp³-hybridized carbons (Fsp3) is 0.273. The summed E-state index contributed by atoms with van der Waals surface area (Å²) in [4.78, 5) is 15.3. The van der Waals surface area contributed by atoms with Crippen molar-refractivity contribution >= 4 is 16.8 Å². The molecule has 4 aromatic rings. The number of H-pyrrole nitrogens is 1. The minimum Gasteiger partial charge on any atom is -0.393 e. The zero-order valence-electron chi connectivity index (χ0n) is 16.4. The van der Waals surface area contributed by atoms with Gasteiger partial charge in [0.1, 0.15) is 5.69 Å². The van der Waals surface area contributed by atoms with E-state index < -0.39 is 0 Å². The number of nitrogens with zero attached hydrogens (tertiary/aromatic N) is 5. The molecule has 0 bridgehead atoms. The number of nitrogens with one attached hydrogen (secondary N) is 1. The monoisotopic (exact) mass is 402 g/mol. The highest BCUT2D eigenvalue weighted by Crippen LogP contribution is 2.27. The van der Waals surface area contributed by atoms with Gasteiger partial charge < -0.3 is 10.0 Å². The molecule has 5 rings (SSSR count). The Balaban J connectivity index is 1.56. The number of amides is 1. The molecule has 1 saturated heterocycles. The van der Waals surface area contributed by atoms with Crippen molar-refractivity contribution in [2.24, 2.45) is 0 Å². The van der Waals surface area contributed by atoms with Crippen LogP contribution in [0.2, 0.25) is 0 Å². The van der Waals surface area contributed by atoms with Gasteiger partial charge in [-0.15, -0.1) is 5.10 Å². The van der Waals surface area contributed by atoms with Crippen molar-refractivity contribution < 1.29 is 9.90 Å². The lowest BCUT2D eigenvalue weighted by Gasteiger charge is -2.29. The zero-order chi connectivity index (χ0) is 20.5. The molecular weight excluding hydrogens is 380 g/mol. The summed E-state index contributed by atoms with van der Waals surface area (Å²) in [5.41, 5.74) is 3.82. The highest BCUT2D eigenvalue weighted by molar-refractivity contribution is 5.99. The Morgan fingerprint density at radius 1 is 1.13 bits per heavy atom. The lowest BCUT2D eigenvalue weighted by Crippen LogP contribution is -2.41. The van der Waals surface area contributed by atoms with Crippen LogP contribution in [0.3, 0.4) is 0 Å². The van der Waals surface area contributed by atoms with Crippen molar-refractivity contribution in [3.05, 3.63) is 66.0 Å². The van der Waals surface area contributed by atoms with E-state index in [1.54, 1.807) is 15.8 Å². The van der Waals surface area contributed by atoms with E-state index in [-0.39, 0.29) is 12.0 Å². The van der Waals surface area contributed by atoms with Gasteiger partial charge in [0.05, 0.1) is 24.4 Å².